The highest BCUT2D eigenvalue weighted by atomic mass is 35.5. The smallest absolute Gasteiger partial charge is 0.391 e. The van der Waals surface area contributed by atoms with Crippen LogP contribution in [-0.4, -0.2) is 34.8 Å². The van der Waals surface area contributed by atoms with Crippen LogP contribution in [0.1, 0.15) is 20.3 Å². The molecule has 1 unspecified atom stereocenters. The first-order valence-corrected chi connectivity index (χ1v) is 6.83. The Bertz CT molecular complexity index is 572. The third-order valence-electron chi connectivity index (χ3n) is 2.77. The van der Waals surface area contributed by atoms with Crippen molar-refractivity contribution in [3.63, 3.8) is 0 Å². The number of rotatable bonds is 6. The van der Waals surface area contributed by atoms with Crippen molar-refractivity contribution >= 4 is 23.5 Å². The number of hydrogen-bond donors (Lipinski definition) is 2. The lowest BCUT2D eigenvalue weighted by Gasteiger charge is -2.27. The summed E-state index contributed by atoms with van der Waals surface area (Å²) in [6.07, 6.45) is -6.40. The van der Waals surface area contributed by atoms with Crippen LogP contribution in [0.2, 0.25) is 5.02 Å². The zero-order valence-electron chi connectivity index (χ0n) is 12.3. The number of carbonyl (C=O) groups is 2. The number of aliphatic carboxylic acids is 1. The van der Waals surface area contributed by atoms with E-state index in [4.69, 9.17) is 21.4 Å². The lowest BCUT2D eigenvalue weighted by Crippen LogP contribution is -2.53. The molecule has 1 amide bonds. The van der Waals surface area contributed by atoms with E-state index in [1.165, 1.54) is 38.1 Å². The summed E-state index contributed by atoms with van der Waals surface area (Å²) in [5, 5.41) is 11.1. The Hall–Kier alpha value is -1.96. The Balaban J connectivity index is 2.79. The van der Waals surface area contributed by atoms with Gasteiger partial charge >= 0.3 is 12.1 Å². The highest BCUT2D eigenvalue weighted by molar-refractivity contribution is 6.30. The molecule has 0 bridgehead atoms. The number of amides is 1. The van der Waals surface area contributed by atoms with Gasteiger partial charge in [0.05, 0.1) is 6.42 Å². The van der Waals surface area contributed by atoms with Crippen LogP contribution in [0, 0.1) is 0 Å². The van der Waals surface area contributed by atoms with Crippen LogP contribution in [0.4, 0.5) is 13.2 Å². The number of carboxylic acid groups (broad SMARTS) is 1. The van der Waals surface area contributed by atoms with E-state index in [1.807, 2.05) is 5.32 Å². The summed E-state index contributed by atoms with van der Waals surface area (Å²) in [6.45, 7) is 2.62. The predicted octanol–water partition coefficient (Wildman–Crippen LogP) is 3.02. The number of benzene rings is 1. The summed E-state index contributed by atoms with van der Waals surface area (Å²) in [5.41, 5.74) is -1.58. The molecular formula is C14H15ClF3NO4. The molecule has 0 spiro atoms. The van der Waals surface area contributed by atoms with E-state index in [0.29, 0.717) is 5.02 Å². The molecule has 0 saturated heterocycles. The molecule has 23 heavy (non-hydrogen) atoms. The van der Waals surface area contributed by atoms with Gasteiger partial charge in [-0.3, -0.25) is 4.79 Å². The summed E-state index contributed by atoms with van der Waals surface area (Å²) in [5.74, 6) is -2.50. The zero-order valence-corrected chi connectivity index (χ0v) is 13.0. The average Bonchev–Trinajstić information content (AvgIpc) is 2.38. The van der Waals surface area contributed by atoms with Crippen molar-refractivity contribution in [3.05, 3.63) is 29.3 Å². The van der Waals surface area contributed by atoms with Crippen molar-refractivity contribution in [2.24, 2.45) is 0 Å². The molecule has 0 saturated carbocycles. The van der Waals surface area contributed by atoms with Crippen molar-refractivity contribution in [1.29, 1.82) is 0 Å². The first-order chi connectivity index (χ1) is 10.4. The first kappa shape index (κ1) is 19.1. The molecule has 1 rings (SSSR count). The number of hydrogen-bond acceptors (Lipinski definition) is 3. The van der Waals surface area contributed by atoms with Crippen LogP contribution in [-0.2, 0) is 9.59 Å². The molecule has 9 heteroatoms. The monoisotopic (exact) mass is 353 g/mol. The van der Waals surface area contributed by atoms with Gasteiger partial charge < -0.3 is 15.2 Å². The minimum atomic E-state index is -4.72. The lowest BCUT2D eigenvalue weighted by atomic mass is 10.1. The van der Waals surface area contributed by atoms with Gasteiger partial charge in [0.1, 0.15) is 11.8 Å². The van der Waals surface area contributed by atoms with Gasteiger partial charge in [-0.05, 0) is 38.1 Å². The number of ether oxygens (including phenoxy) is 1. The molecule has 1 aromatic carbocycles. The molecule has 1 aromatic rings. The van der Waals surface area contributed by atoms with Crippen molar-refractivity contribution in [3.8, 4) is 5.75 Å². The summed E-state index contributed by atoms with van der Waals surface area (Å²) in [4.78, 5) is 22.9. The normalized spacial score (nSPS) is 13.3. The molecule has 0 aliphatic heterocycles. The standard InChI is InChI=1S/C14H15ClF3NO4/c1-13(2,23-9-5-3-8(15)4-6-9)12(22)19-10(11(20)21)7-14(16,17)18/h3-6,10H,7H2,1-2H3,(H,19,22)(H,20,21). The molecule has 0 aliphatic carbocycles. The minimum Gasteiger partial charge on any atom is -0.480 e. The van der Waals surface area contributed by atoms with Gasteiger partial charge in [0.2, 0.25) is 0 Å². The average molecular weight is 354 g/mol. The molecule has 0 aliphatic rings. The number of alkyl halides is 3. The SMILES string of the molecule is CC(C)(Oc1ccc(Cl)cc1)C(=O)NC(CC(F)(F)F)C(=O)O. The maximum Gasteiger partial charge on any atom is 0.391 e. The second kappa shape index (κ2) is 7.08. The second-order valence-electron chi connectivity index (χ2n) is 5.25. The van der Waals surface area contributed by atoms with Gasteiger partial charge in [0.15, 0.2) is 5.60 Å². The minimum absolute atomic E-state index is 0.261. The molecule has 128 valence electrons. The number of nitrogens with one attached hydrogen (secondary N) is 1. The molecule has 0 aromatic heterocycles. The first-order valence-electron chi connectivity index (χ1n) is 6.46. The Morgan fingerprint density at radius 1 is 1.26 bits per heavy atom. The Labute approximate surface area is 135 Å². The number of carbonyl (C=O) groups excluding carboxylic acids is 1. The van der Waals surface area contributed by atoms with E-state index in [-0.39, 0.29) is 5.75 Å². The highest BCUT2D eigenvalue weighted by Crippen LogP contribution is 2.24. The van der Waals surface area contributed by atoms with E-state index < -0.39 is 36.1 Å². The van der Waals surface area contributed by atoms with Gasteiger partial charge in [0.25, 0.3) is 5.91 Å². The highest BCUT2D eigenvalue weighted by Gasteiger charge is 2.39. The fraction of sp³-hybridized carbons (Fsp3) is 0.429. The van der Waals surface area contributed by atoms with E-state index in [1.54, 1.807) is 0 Å². The molecule has 5 nitrogen and oxygen atoms in total. The maximum atomic E-state index is 12.3. The van der Waals surface area contributed by atoms with Crippen molar-refractivity contribution in [2.75, 3.05) is 0 Å². The molecule has 0 radical (unpaired) electrons. The van der Waals surface area contributed by atoms with E-state index in [2.05, 4.69) is 0 Å². The molecular weight excluding hydrogens is 339 g/mol. The van der Waals surface area contributed by atoms with E-state index >= 15 is 0 Å². The van der Waals surface area contributed by atoms with E-state index in [9.17, 15) is 22.8 Å². The summed E-state index contributed by atoms with van der Waals surface area (Å²) < 4.78 is 42.4. The van der Waals surface area contributed by atoms with Crippen LogP contribution >= 0.6 is 11.6 Å². The topological polar surface area (TPSA) is 75.6 Å². The number of carboxylic acids is 1. The van der Waals surface area contributed by atoms with Gasteiger partial charge in [-0.15, -0.1) is 0 Å². The Kier molecular flexibility index (Phi) is 5.87. The molecule has 1 atom stereocenters. The zero-order chi connectivity index (χ0) is 17.8. The third kappa shape index (κ3) is 6.35. The predicted molar refractivity (Wildman–Crippen MR) is 76.4 cm³/mol. The molecule has 2 N–H and O–H groups in total. The van der Waals surface area contributed by atoms with Crippen molar-refractivity contribution in [1.82, 2.24) is 5.32 Å². The third-order valence-corrected chi connectivity index (χ3v) is 3.02. The fourth-order valence-electron chi connectivity index (χ4n) is 1.61. The van der Waals surface area contributed by atoms with Crippen molar-refractivity contribution in [2.45, 2.75) is 38.1 Å². The lowest BCUT2D eigenvalue weighted by molar-refractivity contribution is -0.161. The van der Waals surface area contributed by atoms with Crippen LogP contribution in [0.25, 0.3) is 0 Å². The van der Waals surface area contributed by atoms with Gasteiger partial charge in [-0.2, -0.15) is 13.2 Å². The molecule has 0 heterocycles. The maximum absolute atomic E-state index is 12.3. The summed E-state index contributed by atoms with van der Waals surface area (Å²) >= 11 is 5.70. The van der Waals surface area contributed by atoms with Gasteiger partial charge in [0, 0.05) is 5.02 Å². The van der Waals surface area contributed by atoms with Crippen LogP contribution in [0.5, 0.6) is 5.75 Å². The van der Waals surface area contributed by atoms with Crippen LogP contribution < -0.4 is 10.1 Å². The van der Waals surface area contributed by atoms with Gasteiger partial charge in [-0.25, -0.2) is 4.79 Å². The number of halogens is 4. The van der Waals surface area contributed by atoms with Crippen LogP contribution in [0.3, 0.4) is 0 Å². The summed E-state index contributed by atoms with van der Waals surface area (Å²) in [7, 11) is 0. The van der Waals surface area contributed by atoms with E-state index in [0.717, 1.165) is 0 Å². The summed E-state index contributed by atoms with van der Waals surface area (Å²) in [6, 6.07) is 3.88. The largest absolute Gasteiger partial charge is 0.480 e. The Morgan fingerprint density at radius 2 is 1.78 bits per heavy atom. The van der Waals surface area contributed by atoms with Gasteiger partial charge in [-0.1, -0.05) is 11.6 Å². The second-order valence-corrected chi connectivity index (χ2v) is 5.69. The molecule has 0 fully saturated rings. The van der Waals surface area contributed by atoms with Crippen molar-refractivity contribution < 1.29 is 32.6 Å². The fourth-order valence-corrected chi connectivity index (χ4v) is 1.73. The Morgan fingerprint density at radius 3 is 2.22 bits per heavy atom. The van der Waals surface area contributed by atoms with Crippen LogP contribution in [0.15, 0.2) is 24.3 Å². The quantitative estimate of drug-likeness (QED) is 0.824.